The SMILES string of the molecule is Cc1cc(OCc2ccccc2C(=O)O)c(C)cc1Br. The van der Waals surface area contributed by atoms with Crippen LogP contribution in [0.5, 0.6) is 5.75 Å². The maximum atomic E-state index is 11.1. The van der Waals surface area contributed by atoms with Crippen LogP contribution in [0.25, 0.3) is 0 Å². The molecule has 2 rings (SSSR count). The molecule has 0 aliphatic heterocycles. The number of aromatic carboxylic acids is 1. The summed E-state index contributed by atoms with van der Waals surface area (Å²) >= 11 is 3.47. The molecule has 0 amide bonds. The number of rotatable bonds is 4. The van der Waals surface area contributed by atoms with Crippen molar-refractivity contribution in [2.75, 3.05) is 0 Å². The summed E-state index contributed by atoms with van der Waals surface area (Å²) in [7, 11) is 0. The standard InChI is InChI=1S/C16H15BrO3/c1-10-8-15(11(2)7-14(10)17)20-9-12-5-3-4-6-13(12)16(18)19/h3-8H,9H2,1-2H3,(H,18,19). The maximum Gasteiger partial charge on any atom is 0.336 e. The van der Waals surface area contributed by atoms with Gasteiger partial charge >= 0.3 is 5.97 Å². The third kappa shape index (κ3) is 3.20. The zero-order valence-electron chi connectivity index (χ0n) is 11.3. The van der Waals surface area contributed by atoms with Gasteiger partial charge < -0.3 is 9.84 Å². The Morgan fingerprint density at radius 3 is 2.60 bits per heavy atom. The topological polar surface area (TPSA) is 46.5 Å². The van der Waals surface area contributed by atoms with Crippen LogP contribution in [0.2, 0.25) is 0 Å². The molecule has 104 valence electrons. The largest absolute Gasteiger partial charge is 0.489 e. The van der Waals surface area contributed by atoms with E-state index in [1.807, 2.05) is 32.0 Å². The predicted octanol–water partition coefficient (Wildman–Crippen LogP) is 4.34. The Morgan fingerprint density at radius 2 is 1.90 bits per heavy atom. The van der Waals surface area contributed by atoms with Gasteiger partial charge in [-0.15, -0.1) is 0 Å². The Hall–Kier alpha value is -1.81. The molecule has 0 atom stereocenters. The summed E-state index contributed by atoms with van der Waals surface area (Å²) < 4.78 is 6.80. The van der Waals surface area contributed by atoms with E-state index in [1.54, 1.807) is 18.2 Å². The molecule has 1 N–H and O–H groups in total. The minimum Gasteiger partial charge on any atom is -0.489 e. The Kier molecular flexibility index (Phi) is 4.45. The van der Waals surface area contributed by atoms with Gasteiger partial charge in [-0.25, -0.2) is 4.79 Å². The van der Waals surface area contributed by atoms with Crippen LogP contribution in [-0.2, 0) is 6.61 Å². The van der Waals surface area contributed by atoms with E-state index in [0.29, 0.717) is 5.56 Å². The molecule has 20 heavy (non-hydrogen) atoms. The minimum atomic E-state index is -0.937. The fraction of sp³-hybridized carbons (Fsp3) is 0.188. The van der Waals surface area contributed by atoms with Gasteiger partial charge in [0.2, 0.25) is 0 Å². The second kappa shape index (κ2) is 6.09. The van der Waals surface area contributed by atoms with Crippen LogP contribution >= 0.6 is 15.9 Å². The van der Waals surface area contributed by atoms with Crippen LogP contribution in [0.4, 0.5) is 0 Å². The van der Waals surface area contributed by atoms with E-state index in [1.165, 1.54) is 0 Å². The average molecular weight is 335 g/mol. The van der Waals surface area contributed by atoms with Gasteiger partial charge in [-0.1, -0.05) is 34.1 Å². The molecule has 0 spiro atoms. The Labute approximate surface area is 126 Å². The molecular weight excluding hydrogens is 320 g/mol. The molecule has 0 saturated heterocycles. The molecule has 0 aromatic heterocycles. The lowest BCUT2D eigenvalue weighted by Crippen LogP contribution is -2.06. The van der Waals surface area contributed by atoms with Crippen LogP contribution in [0.3, 0.4) is 0 Å². The highest BCUT2D eigenvalue weighted by atomic mass is 79.9. The number of hydrogen-bond acceptors (Lipinski definition) is 2. The summed E-state index contributed by atoms with van der Waals surface area (Å²) in [5.41, 5.74) is 3.03. The van der Waals surface area contributed by atoms with E-state index in [-0.39, 0.29) is 12.2 Å². The van der Waals surface area contributed by atoms with Crippen molar-refractivity contribution in [1.29, 1.82) is 0 Å². The number of halogens is 1. The molecule has 0 saturated carbocycles. The molecule has 4 heteroatoms. The van der Waals surface area contributed by atoms with Crippen molar-refractivity contribution in [2.45, 2.75) is 20.5 Å². The van der Waals surface area contributed by atoms with Crippen LogP contribution in [0.15, 0.2) is 40.9 Å². The molecular formula is C16H15BrO3. The van der Waals surface area contributed by atoms with Gasteiger partial charge in [0.05, 0.1) is 5.56 Å². The number of carboxylic acids is 1. The fourth-order valence-corrected chi connectivity index (χ4v) is 2.38. The van der Waals surface area contributed by atoms with Crippen molar-refractivity contribution in [3.63, 3.8) is 0 Å². The van der Waals surface area contributed by atoms with Crippen LogP contribution in [0.1, 0.15) is 27.0 Å². The van der Waals surface area contributed by atoms with Crippen molar-refractivity contribution in [3.8, 4) is 5.75 Å². The van der Waals surface area contributed by atoms with E-state index in [0.717, 1.165) is 21.3 Å². The lowest BCUT2D eigenvalue weighted by Gasteiger charge is -2.12. The van der Waals surface area contributed by atoms with Gasteiger partial charge in [0.25, 0.3) is 0 Å². The van der Waals surface area contributed by atoms with Crippen molar-refractivity contribution < 1.29 is 14.6 Å². The Morgan fingerprint density at radius 1 is 1.20 bits per heavy atom. The number of aryl methyl sites for hydroxylation is 2. The van der Waals surface area contributed by atoms with Crippen molar-refractivity contribution in [3.05, 3.63) is 63.1 Å². The minimum absolute atomic E-state index is 0.240. The molecule has 3 nitrogen and oxygen atoms in total. The first-order valence-corrected chi connectivity index (χ1v) is 6.99. The van der Waals surface area contributed by atoms with Gasteiger partial charge in [-0.05, 0) is 43.2 Å². The van der Waals surface area contributed by atoms with Gasteiger partial charge in [-0.3, -0.25) is 0 Å². The molecule has 0 aliphatic rings. The Balaban J connectivity index is 2.21. The number of hydrogen-bond donors (Lipinski definition) is 1. The van der Waals surface area contributed by atoms with E-state index in [9.17, 15) is 4.79 Å². The Bertz CT molecular complexity index is 650. The smallest absolute Gasteiger partial charge is 0.336 e. The lowest BCUT2D eigenvalue weighted by atomic mass is 10.1. The normalized spacial score (nSPS) is 10.3. The second-order valence-electron chi connectivity index (χ2n) is 4.62. The van der Waals surface area contributed by atoms with Crippen LogP contribution in [-0.4, -0.2) is 11.1 Å². The van der Waals surface area contributed by atoms with E-state index >= 15 is 0 Å². The van der Waals surface area contributed by atoms with Crippen LogP contribution < -0.4 is 4.74 Å². The van der Waals surface area contributed by atoms with Crippen LogP contribution in [0, 0.1) is 13.8 Å². The third-order valence-corrected chi connectivity index (χ3v) is 3.94. The lowest BCUT2D eigenvalue weighted by molar-refractivity contribution is 0.0694. The maximum absolute atomic E-state index is 11.1. The molecule has 2 aromatic rings. The summed E-state index contributed by atoms with van der Waals surface area (Å²) in [5.74, 6) is -0.168. The van der Waals surface area contributed by atoms with Crippen molar-refractivity contribution in [2.24, 2.45) is 0 Å². The highest BCUT2D eigenvalue weighted by Gasteiger charge is 2.10. The summed E-state index contributed by atoms with van der Waals surface area (Å²) in [5, 5.41) is 9.14. The zero-order valence-corrected chi connectivity index (χ0v) is 12.9. The summed E-state index contributed by atoms with van der Waals surface area (Å²) in [6, 6.07) is 10.8. The molecule has 2 aromatic carbocycles. The quantitative estimate of drug-likeness (QED) is 0.904. The monoisotopic (exact) mass is 334 g/mol. The summed E-state index contributed by atoms with van der Waals surface area (Å²) in [6.07, 6.45) is 0. The fourth-order valence-electron chi connectivity index (χ4n) is 1.92. The summed E-state index contributed by atoms with van der Waals surface area (Å²) in [6.45, 7) is 4.19. The first-order valence-electron chi connectivity index (χ1n) is 6.20. The van der Waals surface area contributed by atoms with Crippen molar-refractivity contribution in [1.82, 2.24) is 0 Å². The van der Waals surface area contributed by atoms with Crippen molar-refractivity contribution >= 4 is 21.9 Å². The van der Waals surface area contributed by atoms with E-state index in [2.05, 4.69) is 15.9 Å². The third-order valence-electron chi connectivity index (χ3n) is 3.09. The van der Waals surface area contributed by atoms with E-state index in [4.69, 9.17) is 9.84 Å². The zero-order chi connectivity index (χ0) is 14.7. The first-order chi connectivity index (χ1) is 9.49. The molecule has 0 heterocycles. The van der Waals surface area contributed by atoms with Gasteiger partial charge in [0.15, 0.2) is 0 Å². The van der Waals surface area contributed by atoms with E-state index < -0.39 is 5.97 Å². The molecule has 0 fully saturated rings. The molecule has 0 unspecified atom stereocenters. The summed E-state index contributed by atoms with van der Waals surface area (Å²) in [4.78, 5) is 11.1. The second-order valence-corrected chi connectivity index (χ2v) is 5.47. The number of carbonyl (C=O) groups is 1. The highest BCUT2D eigenvalue weighted by Crippen LogP contribution is 2.27. The predicted molar refractivity (Wildman–Crippen MR) is 81.3 cm³/mol. The number of carboxylic acid groups (broad SMARTS) is 1. The van der Waals surface area contributed by atoms with Gasteiger partial charge in [0.1, 0.15) is 12.4 Å². The first kappa shape index (κ1) is 14.6. The average Bonchev–Trinajstić information content (AvgIpc) is 2.41. The highest BCUT2D eigenvalue weighted by molar-refractivity contribution is 9.10. The number of ether oxygens (including phenoxy) is 1. The molecule has 0 bridgehead atoms. The number of benzene rings is 2. The van der Waals surface area contributed by atoms with Gasteiger partial charge in [-0.2, -0.15) is 0 Å². The van der Waals surface area contributed by atoms with Gasteiger partial charge in [0, 0.05) is 10.0 Å². The molecule has 0 radical (unpaired) electrons. The molecule has 0 aliphatic carbocycles.